The van der Waals surface area contributed by atoms with Crippen molar-refractivity contribution in [1.82, 2.24) is 5.32 Å². The van der Waals surface area contributed by atoms with Crippen LogP contribution in [0.25, 0.3) is 0 Å². The van der Waals surface area contributed by atoms with E-state index >= 15 is 0 Å². The third-order valence-corrected chi connectivity index (χ3v) is 1.37. The number of rotatable bonds is 2. The third kappa shape index (κ3) is 4.02. The molecule has 2 nitrogen and oxygen atoms in total. The van der Waals surface area contributed by atoms with Crippen LogP contribution in [0.15, 0.2) is 4.99 Å². The number of nitrogens with zero attached hydrogens (tertiary/aromatic N) is 1. The smallest absolute Gasteiger partial charge is 0.102 e. The Morgan fingerprint density at radius 3 is 2.09 bits per heavy atom. The zero-order valence-corrected chi connectivity index (χ0v) is 8.36. The lowest BCUT2D eigenvalue weighted by atomic mass is 9.95. The van der Waals surface area contributed by atoms with Gasteiger partial charge in [-0.25, -0.2) is 0 Å². The summed E-state index contributed by atoms with van der Waals surface area (Å²) in [7, 11) is 0. The molecule has 11 heavy (non-hydrogen) atoms. The summed E-state index contributed by atoms with van der Waals surface area (Å²) in [6.45, 7) is 12.5. The maximum absolute atomic E-state index is 4.39. The van der Waals surface area contributed by atoms with Gasteiger partial charge in [0.1, 0.15) is 5.84 Å². The van der Waals surface area contributed by atoms with E-state index in [0.29, 0.717) is 0 Å². The van der Waals surface area contributed by atoms with Crippen molar-refractivity contribution in [2.75, 3.05) is 13.1 Å². The molecule has 0 saturated heterocycles. The molecule has 0 unspecified atom stereocenters. The van der Waals surface area contributed by atoms with Crippen LogP contribution in [-0.2, 0) is 0 Å². The Morgan fingerprint density at radius 2 is 1.82 bits per heavy atom. The van der Waals surface area contributed by atoms with Crippen LogP contribution in [0.4, 0.5) is 0 Å². The molecule has 0 aromatic carbocycles. The number of amidine groups is 1. The molecule has 0 aliphatic heterocycles. The number of nitrogens with one attached hydrogen (secondary N) is 1. The lowest BCUT2D eigenvalue weighted by Gasteiger charge is -2.22. The van der Waals surface area contributed by atoms with Gasteiger partial charge in [0.05, 0.1) is 0 Å². The van der Waals surface area contributed by atoms with Gasteiger partial charge >= 0.3 is 0 Å². The molecule has 0 aliphatic carbocycles. The summed E-state index contributed by atoms with van der Waals surface area (Å²) < 4.78 is 0. The second kappa shape index (κ2) is 4.37. The minimum atomic E-state index is 0.159. The summed E-state index contributed by atoms with van der Waals surface area (Å²) >= 11 is 0. The van der Waals surface area contributed by atoms with Crippen LogP contribution < -0.4 is 5.32 Å². The van der Waals surface area contributed by atoms with Crippen molar-refractivity contribution in [2.45, 2.75) is 34.6 Å². The topological polar surface area (TPSA) is 24.4 Å². The molecule has 0 saturated carbocycles. The molecule has 0 fully saturated rings. The zero-order valence-electron chi connectivity index (χ0n) is 8.36. The Bertz CT molecular complexity index is 131. The highest BCUT2D eigenvalue weighted by Gasteiger charge is 2.17. The van der Waals surface area contributed by atoms with Gasteiger partial charge in [0.25, 0.3) is 0 Å². The maximum atomic E-state index is 4.39. The maximum Gasteiger partial charge on any atom is 0.102 e. The van der Waals surface area contributed by atoms with Gasteiger partial charge in [-0.3, -0.25) is 4.99 Å². The summed E-state index contributed by atoms with van der Waals surface area (Å²) in [5, 5.41) is 3.27. The average Bonchev–Trinajstić information content (AvgIpc) is 1.85. The first-order chi connectivity index (χ1) is 5.02. The van der Waals surface area contributed by atoms with Gasteiger partial charge in [-0.2, -0.15) is 0 Å². The van der Waals surface area contributed by atoms with Gasteiger partial charge in [0, 0.05) is 18.5 Å². The Balaban J connectivity index is 4.22. The predicted octanol–water partition coefficient (Wildman–Crippen LogP) is 2.06. The molecule has 0 bridgehead atoms. The fourth-order valence-electron chi connectivity index (χ4n) is 0.884. The van der Waals surface area contributed by atoms with Gasteiger partial charge in [-0.15, -0.1) is 0 Å². The van der Waals surface area contributed by atoms with E-state index in [2.05, 4.69) is 44.9 Å². The summed E-state index contributed by atoms with van der Waals surface area (Å²) in [5.41, 5.74) is 0.159. The fraction of sp³-hybridized carbons (Fsp3) is 0.889. The minimum Gasteiger partial charge on any atom is -0.374 e. The number of hydrogen-bond donors (Lipinski definition) is 1. The summed E-state index contributed by atoms with van der Waals surface area (Å²) in [5.74, 6) is 1.11. The highest BCUT2D eigenvalue weighted by Crippen LogP contribution is 2.13. The first kappa shape index (κ1) is 10.5. The Hall–Kier alpha value is -0.530. The molecule has 0 amide bonds. The Labute approximate surface area is 70.1 Å². The summed E-state index contributed by atoms with van der Waals surface area (Å²) in [6.07, 6.45) is 0. The van der Waals surface area contributed by atoms with Gasteiger partial charge in [-0.1, -0.05) is 20.8 Å². The van der Waals surface area contributed by atoms with Crippen LogP contribution >= 0.6 is 0 Å². The monoisotopic (exact) mass is 156 g/mol. The van der Waals surface area contributed by atoms with E-state index in [1.165, 1.54) is 0 Å². The van der Waals surface area contributed by atoms with Crippen molar-refractivity contribution in [3.05, 3.63) is 0 Å². The van der Waals surface area contributed by atoms with Crippen molar-refractivity contribution in [3.63, 3.8) is 0 Å². The lowest BCUT2D eigenvalue weighted by molar-refractivity contribution is 0.563. The van der Waals surface area contributed by atoms with Gasteiger partial charge in [0.2, 0.25) is 0 Å². The van der Waals surface area contributed by atoms with E-state index < -0.39 is 0 Å². The molecule has 0 rings (SSSR count). The standard InChI is InChI=1S/C9H20N2/c1-6-10-8(11-7-2)9(3,4)5/h6-7H2,1-5H3,(H,10,11). The first-order valence-corrected chi connectivity index (χ1v) is 4.31. The molecule has 0 radical (unpaired) electrons. The normalized spacial score (nSPS) is 13.4. The van der Waals surface area contributed by atoms with E-state index in [-0.39, 0.29) is 5.41 Å². The molecule has 0 aromatic heterocycles. The van der Waals surface area contributed by atoms with E-state index in [1.54, 1.807) is 0 Å². The lowest BCUT2D eigenvalue weighted by Crippen LogP contribution is -2.35. The quantitative estimate of drug-likeness (QED) is 0.480. The average molecular weight is 156 g/mol. The molecule has 66 valence electrons. The molecule has 0 heterocycles. The summed E-state index contributed by atoms with van der Waals surface area (Å²) in [4.78, 5) is 4.39. The van der Waals surface area contributed by atoms with Crippen LogP contribution in [-0.4, -0.2) is 18.9 Å². The molecule has 0 aromatic rings. The molecule has 0 atom stereocenters. The van der Waals surface area contributed by atoms with Crippen molar-refractivity contribution in [1.29, 1.82) is 0 Å². The SMILES string of the molecule is CCN=C(NCC)C(C)(C)C. The van der Waals surface area contributed by atoms with Gasteiger partial charge in [0.15, 0.2) is 0 Å². The zero-order chi connectivity index (χ0) is 8.91. The molecular formula is C9H20N2. The fourth-order valence-corrected chi connectivity index (χ4v) is 0.884. The third-order valence-electron chi connectivity index (χ3n) is 1.37. The van der Waals surface area contributed by atoms with Crippen molar-refractivity contribution >= 4 is 5.84 Å². The highest BCUT2D eigenvalue weighted by atomic mass is 15.0. The Morgan fingerprint density at radius 1 is 1.27 bits per heavy atom. The summed E-state index contributed by atoms with van der Waals surface area (Å²) in [6, 6.07) is 0. The molecule has 0 aliphatic rings. The second-order valence-corrected chi connectivity index (χ2v) is 3.60. The molecular weight excluding hydrogens is 136 g/mol. The molecule has 2 heteroatoms. The number of hydrogen-bond acceptors (Lipinski definition) is 1. The van der Waals surface area contributed by atoms with Crippen LogP contribution in [0.5, 0.6) is 0 Å². The number of aliphatic imine (C=N–C) groups is 1. The first-order valence-electron chi connectivity index (χ1n) is 4.31. The minimum absolute atomic E-state index is 0.159. The van der Waals surface area contributed by atoms with Crippen molar-refractivity contribution < 1.29 is 0 Å². The van der Waals surface area contributed by atoms with Crippen LogP contribution in [0, 0.1) is 5.41 Å². The van der Waals surface area contributed by atoms with Gasteiger partial charge in [-0.05, 0) is 13.8 Å². The second-order valence-electron chi connectivity index (χ2n) is 3.60. The molecule has 0 spiro atoms. The predicted molar refractivity (Wildman–Crippen MR) is 51.1 cm³/mol. The van der Waals surface area contributed by atoms with Crippen LogP contribution in [0.1, 0.15) is 34.6 Å². The largest absolute Gasteiger partial charge is 0.374 e. The molecule has 1 N–H and O–H groups in total. The Kier molecular flexibility index (Phi) is 4.16. The van der Waals surface area contributed by atoms with E-state index in [4.69, 9.17) is 0 Å². The van der Waals surface area contributed by atoms with Gasteiger partial charge < -0.3 is 5.32 Å². The van der Waals surface area contributed by atoms with E-state index in [9.17, 15) is 0 Å². The van der Waals surface area contributed by atoms with Crippen LogP contribution in [0.2, 0.25) is 0 Å². The van der Waals surface area contributed by atoms with Crippen molar-refractivity contribution in [2.24, 2.45) is 10.4 Å². The van der Waals surface area contributed by atoms with E-state index in [1.807, 2.05) is 0 Å². The highest BCUT2D eigenvalue weighted by molar-refractivity contribution is 5.87. The van der Waals surface area contributed by atoms with Crippen LogP contribution in [0.3, 0.4) is 0 Å². The van der Waals surface area contributed by atoms with E-state index in [0.717, 1.165) is 18.9 Å². The van der Waals surface area contributed by atoms with Crippen molar-refractivity contribution in [3.8, 4) is 0 Å².